The lowest BCUT2D eigenvalue weighted by Gasteiger charge is -2.34. The zero-order chi connectivity index (χ0) is 15.3. The third kappa shape index (κ3) is 4.50. The molecule has 21 heavy (non-hydrogen) atoms. The summed E-state index contributed by atoms with van der Waals surface area (Å²) in [5, 5.41) is 5.10. The molecule has 2 heterocycles. The Hall–Kier alpha value is -0.470. The monoisotopic (exact) mass is 332 g/mol. The second-order valence-corrected chi connectivity index (χ2v) is 8.31. The third-order valence-corrected chi connectivity index (χ3v) is 6.46. The average Bonchev–Trinajstić information content (AvgIpc) is 2.88. The number of nitrogens with one attached hydrogen (secondary N) is 2. The summed E-state index contributed by atoms with van der Waals surface area (Å²) in [6.07, 6.45) is 2.45. The molecule has 0 aromatic carbocycles. The molecule has 1 saturated heterocycles. The van der Waals surface area contributed by atoms with Gasteiger partial charge in [-0.15, -0.1) is 11.3 Å². The van der Waals surface area contributed by atoms with Gasteiger partial charge in [0.25, 0.3) is 0 Å². The predicted molar refractivity (Wildman–Crippen MR) is 85.1 cm³/mol. The molecule has 0 atom stereocenters. The fourth-order valence-corrected chi connectivity index (χ4v) is 5.26. The van der Waals surface area contributed by atoms with E-state index in [9.17, 15) is 8.42 Å². The van der Waals surface area contributed by atoms with Crippen molar-refractivity contribution in [3.8, 4) is 0 Å². The van der Waals surface area contributed by atoms with Crippen LogP contribution < -0.4 is 10.0 Å². The summed E-state index contributed by atoms with van der Waals surface area (Å²) < 4.78 is 33.5. The van der Waals surface area contributed by atoms with Crippen molar-refractivity contribution in [2.24, 2.45) is 0 Å². The van der Waals surface area contributed by atoms with Crippen LogP contribution in [0.3, 0.4) is 0 Å². The molecule has 2 N–H and O–H groups in total. The molecule has 1 aliphatic rings. The van der Waals surface area contributed by atoms with Gasteiger partial charge in [0, 0.05) is 30.2 Å². The van der Waals surface area contributed by atoms with E-state index < -0.39 is 15.6 Å². The van der Waals surface area contributed by atoms with Crippen molar-refractivity contribution in [3.05, 3.63) is 16.3 Å². The molecule has 0 aliphatic carbocycles. The fraction of sp³-hybridized carbons (Fsp3) is 0.714. The van der Waals surface area contributed by atoms with E-state index in [-0.39, 0.29) is 0 Å². The largest absolute Gasteiger partial charge is 0.381 e. The first-order valence-corrected chi connectivity index (χ1v) is 9.72. The van der Waals surface area contributed by atoms with E-state index in [1.54, 1.807) is 6.07 Å². The number of hydrogen-bond acceptors (Lipinski definition) is 5. The van der Waals surface area contributed by atoms with Crippen molar-refractivity contribution in [2.45, 2.75) is 50.1 Å². The second kappa shape index (κ2) is 7.19. The van der Waals surface area contributed by atoms with Crippen LogP contribution in [0.1, 0.15) is 38.0 Å². The first-order valence-electron chi connectivity index (χ1n) is 7.36. The van der Waals surface area contributed by atoms with Gasteiger partial charge < -0.3 is 10.1 Å². The van der Waals surface area contributed by atoms with Crippen molar-refractivity contribution in [1.29, 1.82) is 0 Å². The van der Waals surface area contributed by atoms with Crippen LogP contribution in [-0.2, 0) is 21.3 Å². The Bertz CT molecular complexity index is 548. The minimum Gasteiger partial charge on any atom is -0.381 e. The van der Waals surface area contributed by atoms with Gasteiger partial charge >= 0.3 is 0 Å². The molecule has 0 amide bonds. The van der Waals surface area contributed by atoms with Gasteiger partial charge in [-0.1, -0.05) is 6.92 Å². The van der Waals surface area contributed by atoms with Crippen LogP contribution in [0, 0.1) is 0 Å². The van der Waals surface area contributed by atoms with Crippen molar-refractivity contribution in [1.82, 2.24) is 10.0 Å². The van der Waals surface area contributed by atoms with Crippen LogP contribution >= 0.6 is 11.3 Å². The zero-order valence-corrected chi connectivity index (χ0v) is 14.3. The summed E-state index contributed by atoms with van der Waals surface area (Å²) >= 11 is 1.48. The van der Waals surface area contributed by atoms with Gasteiger partial charge in [-0.25, -0.2) is 13.1 Å². The SMILES string of the molecule is CCCNCc1sccc1S(=O)(=O)NC1(C)CCOCC1. The van der Waals surface area contributed by atoms with E-state index in [0.29, 0.717) is 37.5 Å². The summed E-state index contributed by atoms with van der Waals surface area (Å²) in [6.45, 7) is 6.74. The van der Waals surface area contributed by atoms with Crippen molar-refractivity contribution < 1.29 is 13.2 Å². The maximum Gasteiger partial charge on any atom is 0.242 e. The summed E-state index contributed by atoms with van der Waals surface area (Å²) in [5.74, 6) is 0. The van der Waals surface area contributed by atoms with E-state index in [1.807, 2.05) is 12.3 Å². The van der Waals surface area contributed by atoms with E-state index in [0.717, 1.165) is 17.8 Å². The average molecular weight is 332 g/mol. The van der Waals surface area contributed by atoms with Gasteiger partial charge in [-0.3, -0.25) is 0 Å². The lowest BCUT2D eigenvalue weighted by molar-refractivity contribution is 0.0537. The highest BCUT2D eigenvalue weighted by atomic mass is 32.2. The Kier molecular flexibility index (Phi) is 5.79. The molecule has 0 unspecified atom stereocenters. The first kappa shape index (κ1) is 16.9. The fourth-order valence-electron chi connectivity index (χ4n) is 2.38. The van der Waals surface area contributed by atoms with Gasteiger partial charge in [0.05, 0.1) is 4.90 Å². The minimum atomic E-state index is -3.48. The molecule has 0 spiro atoms. The van der Waals surface area contributed by atoms with Crippen molar-refractivity contribution in [2.75, 3.05) is 19.8 Å². The Morgan fingerprint density at radius 1 is 1.38 bits per heavy atom. The van der Waals surface area contributed by atoms with Gasteiger partial charge in [0.2, 0.25) is 10.0 Å². The Balaban J connectivity index is 2.10. The summed E-state index contributed by atoms with van der Waals surface area (Å²) in [6, 6.07) is 1.69. The lowest BCUT2D eigenvalue weighted by Crippen LogP contribution is -2.49. The van der Waals surface area contributed by atoms with Crippen LogP contribution in [0.4, 0.5) is 0 Å². The van der Waals surface area contributed by atoms with Crippen LogP contribution in [-0.4, -0.2) is 33.7 Å². The quantitative estimate of drug-likeness (QED) is 0.750. The summed E-state index contributed by atoms with van der Waals surface area (Å²) in [4.78, 5) is 1.27. The number of rotatable bonds is 7. The molecule has 1 aromatic rings. The molecule has 1 fully saturated rings. The van der Waals surface area contributed by atoms with E-state index in [4.69, 9.17) is 4.74 Å². The Morgan fingerprint density at radius 3 is 2.76 bits per heavy atom. The van der Waals surface area contributed by atoms with Crippen molar-refractivity contribution >= 4 is 21.4 Å². The minimum absolute atomic E-state index is 0.406. The smallest absolute Gasteiger partial charge is 0.242 e. The molecular weight excluding hydrogens is 308 g/mol. The van der Waals surface area contributed by atoms with Crippen LogP contribution in [0.15, 0.2) is 16.3 Å². The van der Waals surface area contributed by atoms with E-state index >= 15 is 0 Å². The molecule has 1 aromatic heterocycles. The molecule has 2 rings (SSSR count). The van der Waals surface area contributed by atoms with E-state index in [2.05, 4.69) is 17.0 Å². The van der Waals surface area contributed by atoms with Crippen LogP contribution in [0.2, 0.25) is 0 Å². The topological polar surface area (TPSA) is 67.4 Å². The highest BCUT2D eigenvalue weighted by molar-refractivity contribution is 7.89. The maximum absolute atomic E-state index is 12.6. The van der Waals surface area contributed by atoms with Gasteiger partial charge in [-0.05, 0) is 44.2 Å². The standard InChI is InChI=1S/C14H24N2O3S2/c1-3-7-15-11-12-13(4-10-20-12)21(17,18)16-14(2)5-8-19-9-6-14/h4,10,15-16H,3,5-9,11H2,1-2H3. The third-order valence-electron chi connectivity index (χ3n) is 3.68. The highest BCUT2D eigenvalue weighted by Crippen LogP contribution is 2.26. The number of ether oxygens (including phenoxy) is 1. The van der Waals surface area contributed by atoms with Gasteiger partial charge in [-0.2, -0.15) is 0 Å². The maximum atomic E-state index is 12.6. The molecular formula is C14H24N2O3S2. The molecule has 0 radical (unpaired) electrons. The van der Waals surface area contributed by atoms with Crippen LogP contribution in [0.25, 0.3) is 0 Å². The molecule has 7 heteroatoms. The molecule has 1 aliphatic heterocycles. The predicted octanol–water partition coefficient (Wildman–Crippen LogP) is 2.10. The lowest BCUT2D eigenvalue weighted by atomic mass is 9.94. The first-order chi connectivity index (χ1) is 9.97. The number of sulfonamides is 1. The zero-order valence-electron chi connectivity index (χ0n) is 12.6. The molecule has 0 bridgehead atoms. The number of hydrogen-bond donors (Lipinski definition) is 2. The summed E-state index contributed by atoms with van der Waals surface area (Å²) in [7, 11) is -3.48. The molecule has 120 valence electrons. The Labute approximate surface area is 131 Å². The van der Waals surface area contributed by atoms with Crippen molar-refractivity contribution in [3.63, 3.8) is 0 Å². The Morgan fingerprint density at radius 2 is 2.10 bits per heavy atom. The highest BCUT2D eigenvalue weighted by Gasteiger charge is 2.33. The second-order valence-electron chi connectivity index (χ2n) is 5.66. The normalized spacial score (nSPS) is 18.8. The van der Waals surface area contributed by atoms with E-state index in [1.165, 1.54) is 11.3 Å². The van der Waals surface area contributed by atoms with Crippen LogP contribution in [0.5, 0.6) is 0 Å². The van der Waals surface area contributed by atoms with Gasteiger partial charge in [0.15, 0.2) is 0 Å². The summed E-state index contributed by atoms with van der Waals surface area (Å²) in [5.41, 5.74) is -0.410. The van der Waals surface area contributed by atoms with Gasteiger partial charge in [0.1, 0.15) is 0 Å². The molecule has 0 saturated carbocycles. The molecule has 5 nitrogen and oxygen atoms in total. The number of thiophene rings is 1.